The molecule has 0 saturated heterocycles. The predicted molar refractivity (Wildman–Crippen MR) is 87.1 cm³/mol. The lowest BCUT2D eigenvalue weighted by Gasteiger charge is -2.32. The molecule has 0 aliphatic carbocycles. The number of hydrogen-bond donors (Lipinski definition) is 0. The Morgan fingerprint density at radius 2 is 1.19 bits per heavy atom. The van der Waals surface area contributed by atoms with Gasteiger partial charge in [-0.05, 0) is 13.8 Å². The van der Waals surface area contributed by atoms with Gasteiger partial charge in [-0.3, -0.25) is 0 Å². The molecule has 0 spiro atoms. The minimum Gasteiger partial charge on any atom is -0.466 e. The highest BCUT2D eigenvalue weighted by molar-refractivity contribution is 5.87. The first-order chi connectivity index (χ1) is 12.4. The molecule has 0 N–H and O–H groups in total. The van der Waals surface area contributed by atoms with E-state index in [9.17, 15) is 19.2 Å². The van der Waals surface area contributed by atoms with Crippen LogP contribution >= 0.6 is 0 Å². The van der Waals surface area contributed by atoms with Crippen LogP contribution in [0, 0.1) is 0 Å². The van der Waals surface area contributed by atoms with Gasteiger partial charge in [0.1, 0.15) is 0 Å². The van der Waals surface area contributed by atoms with E-state index in [1.165, 1.54) is 21.0 Å². The van der Waals surface area contributed by atoms with Crippen LogP contribution in [-0.4, -0.2) is 76.1 Å². The lowest BCUT2D eigenvalue weighted by atomic mass is 10.2. The summed E-state index contributed by atoms with van der Waals surface area (Å²) in [6.45, 7) is 4.84. The van der Waals surface area contributed by atoms with Crippen molar-refractivity contribution in [2.75, 3.05) is 28.4 Å². The second kappa shape index (κ2) is 10.2. The van der Waals surface area contributed by atoms with Gasteiger partial charge in [0.2, 0.25) is 0 Å². The second-order valence-electron chi connectivity index (χ2n) is 5.56. The molecule has 0 unspecified atom stereocenters. The summed E-state index contributed by atoms with van der Waals surface area (Å²) in [4.78, 5) is 47.9. The number of carbonyl (C=O) groups excluding carboxylic acids is 4. The third-order valence-corrected chi connectivity index (χ3v) is 3.61. The van der Waals surface area contributed by atoms with E-state index in [0.717, 1.165) is 35.2 Å². The Hall–Kier alpha value is -2.24. The molecular weight excluding hydrogens is 368 g/mol. The molecule has 0 aliphatic rings. The number of carbonyl (C=O) groups is 4. The van der Waals surface area contributed by atoms with Gasteiger partial charge in [-0.25, -0.2) is 19.2 Å². The molecule has 0 amide bonds. The van der Waals surface area contributed by atoms with Crippen molar-refractivity contribution < 1.29 is 52.3 Å². The van der Waals surface area contributed by atoms with E-state index in [1.807, 2.05) is 0 Å². The van der Waals surface area contributed by atoms with Crippen LogP contribution in [0.15, 0.2) is 0 Å². The zero-order valence-corrected chi connectivity index (χ0v) is 16.6. The highest BCUT2D eigenvalue weighted by Gasteiger charge is 2.49. The summed E-state index contributed by atoms with van der Waals surface area (Å²) in [5.41, 5.74) is 0. The van der Waals surface area contributed by atoms with Gasteiger partial charge in [-0.1, -0.05) is 0 Å². The van der Waals surface area contributed by atoms with Crippen LogP contribution < -0.4 is 0 Å². The number of rotatable bonds is 10. The maximum absolute atomic E-state index is 12.5. The molecule has 0 bridgehead atoms. The summed E-state index contributed by atoms with van der Waals surface area (Å²) >= 11 is 0. The quantitative estimate of drug-likeness (QED) is 0.280. The van der Waals surface area contributed by atoms with Gasteiger partial charge in [-0.2, -0.15) is 0 Å². The SMILES string of the molecule is COC(=O)[C@H](C)OC(=O)[C@@](C)(OC)OC(=O)[C@@](C)(OC)OC(=O)[C@H](C)OC. The van der Waals surface area contributed by atoms with Gasteiger partial charge in [-0.15, -0.1) is 0 Å². The van der Waals surface area contributed by atoms with Crippen molar-refractivity contribution in [2.45, 2.75) is 51.5 Å². The van der Waals surface area contributed by atoms with E-state index in [0.29, 0.717) is 0 Å². The van der Waals surface area contributed by atoms with E-state index in [1.54, 1.807) is 0 Å². The summed E-state index contributed by atoms with van der Waals surface area (Å²) in [6, 6.07) is 0. The second-order valence-corrected chi connectivity index (χ2v) is 5.56. The lowest BCUT2D eigenvalue weighted by Crippen LogP contribution is -2.52. The zero-order chi connectivity index (χ0) is 21.4. The lowest BCUT2D eigenvalue weighted by molar-refractivity contribution is -0.267. The van der Waals surface area contributed by atoms with Crippen molar-refractivity contribution in [3.05, 3.63) is 0 Å². The molecular formula is C16H26O11. The van der Waals surface area contributed by atoms with Crippen molar-refractivity contribution >= 4 is 23.9 Å². The highest BCUT2D eigenvalue weighted by Crippen LogP contribution is 2.22. The number of esters is 4. The van der Waals surface area contributed by atoms with E-state index in [2.05, 4.69) is 4.74 Å². The van der Waals surface area contributed by atoms with Gasteiger partial charge < -0.3 is 33.2 Å². The molecule has 0 aromatic heterocycles. The van der Waals surface area contributed by atoms with Crippen LogP contribution in [0.4, 0.5) is 0 Å². The minimum atomic E-state index is -2.25. The first-order valence-electron chi connectivity index (χ1n) is 7.79. The maximum atomic E-state index is 12.5. The molecule has 156 valence electrons. The Morgan fingerprint density at radius 1 is 0.704 bits per heavy atom. The Labute approximate surface area is 157 Å². The topological polar surface area (TPSA) is 133 Å². The third-order valence-electron chi connectivity index (χ3n) is 3.61. The molecule has 0 saturated carbocycles. The van der Waals surface area contributed by atoms with Crippen LogP contribution in [0.25, 0.3) is 0 Å². The third kappa shape index (κ3) is 6.45. The summed E-state index contributed by atoms with van der Waals surface area (Å²) in [7, 11) is 4.55. The largest absolute Gasteiger partial charge is 0.466 e. The number of ether oxygens (including phenoxy) is 7. The number of methoxy groups -OCH3 is 4. The fraction of sp³-hybridized carbons (Fsp3) is 0.750. The summed E-state index contributed by atoms with van der Waals surface area (Å²) < 4.78 is 33.9. The average molecular weight is 394 g/mol. The molecule has 0 aromatic rings. The fourth-order valence-electron chi connectivity index (χ4n) is 1.46. The minimum absolute atomic E-state index is 0.822. The van der Waals surface area contributed by atoms with Gasteiger partial charge in [0.05, 0.1) is 7.11 Å². The van der Waals surface area contributed by atoms with E-state index in [-0.39, 0.29) is 0 Å². The van der Waals surface area contributed by atoms with Gasteiger partial charge in [0, 0.05) is 35.2 Å². The molecule has 0 fully saturated rings. The molecule has 4 atom stereocenters. The van der Waals surface area contributed by atoms with Gasteiger partial charge in [0.15, 0.2) is 12.2 Å². The summed E-state index contributed by atoms with van der Waals surface area (Å²) in [6.07, 6.45) is -2.25. The van der Waals surface area contributed by atoms with Crippen LogP contribution in [-0.2, 0) is 52.3 Å². The normalized spacial score (nSPS) is 17.5. The predicted octanol–water partition coefficient (Wildman–Crippen LogP) is -0.0624. The summed E-state index contributed by atoms with van der Waals surface area (Å²) in [5, 5.41) is 0. The van der Waals surface area contributed by atoms with E-state index in [4.69, 9.17) is 28.4 Å². The van der Waals surface area contributed by atoms with Crippen LogP contribution in [0.2, 0.25) is 0 Å². The maximum Gasteiger partial charge on any atom is 0.382 e. The Bertz CT molecular complexity index is 561. The molecule has 0 radical (unpaired) electrons. The van der Waals surface area contributed by atoms with Gasteiger partial charge in [0.25, 0.3) is 0 Å². The van der Waals surface area contributed by atoms with Crippen LogP contribution in [0.1, 0.15) is 27.7 Å². The molecule has 11 heteroatoms. The highest BCUT2D eigenvalue weighted by atomic mass is 16.8. The first-order valence-corrected chi connectivity index (χ1v) is 7.79. The van der Waals surface area contributed by atoms with E-state index < -0.39 is 47.7 Å². The van der Waals surface area contributed by atoms with Crippen molar-refractivity contribution in [3.8, 4) is 0 Å². The Kier molecular flexibility index (Phi) is 9.34. The van der Waals surface area contributed by atoms with Crippen LogP contribution in [0.3, 0.4) is 0 Å². The number of hydrogen-bond acceptors (Lipinski definition) is 11. The molecule has 0 aromatic carbocycles. The smallest absolute Gasteiger partial charge is 0.382 e. The Morgan fingerprint density at radius 3 is 1.59 bits per heavy atom. The van der Waals surface area contributed by atoms with E-state index >= 15 is 0 Å². The molecule has 11 nitrogen and oxygen atoms in total. The zero-order valence-electron chi connectivity index (χ0n) is 16.6. The fourth-order valence-corrected chi connectivity index (χ4v) is 1.46. The Balaban J connectivity index is 5.33. The molecule has 27 heavy (non-hydrogen) atoms. The van der Waals surface area contributed by atoms with Crippen LogP contribution in [0.5, 0.6) is 0 Å². The molecule has 0 rings (SSSR count). The van der Waals surface area contributed by atoms with Gasteiger partial charge >= 0.3 is 35.5 Å². The average Bonchev–Trinajstić information content (AvgIpc) is 2.65. The van der Waals surface area contributed by atoms with Crippen molar-refractivity contribution in [3.63, 3.8) is 0 Å². The van der Waals surface area contributed by atoms with Crippen molar-refractivity contribution in [1.29, 1.82) is 0 Å². The van der Waals surface area contributed by atoms with Crippen molar-refractivity contribution in [2.24, 2.45) is 0 Å². The van der Waals surface area contributed by atoms with Crippen molar-refractivity contribution in [1.82, 2.24) is 0 Å². The molecule has 0 aliphatic heterocycles. The standard InChI is InChI=1S/C16H26O11/c1-9(21-5)12(18)26-16(4,24-8)14(20)27-15(3,23-7)13(19)25-10(2)11(17)22-6/h9-10H,1-8H3/t9-,10-,15-,16-/m0/s1. The first kappa shape index (κ1) is 24.8. The summed E-state index contributed by atoms with van der Waals surface area (Å²) in [5.74, 6) is -8.62. The monoisotopic (exact) mass is 394 g/mol. The molecule has 0 heterocycles.